The van der Waals surface area contributed by atoms with E-state index < -0.39 is 0 Å². The van der Waals surface area contributed by atoms with Crippen molar-refractivity contribution in [2.75, 3.05) is 24.6 Å². The molecule has 6 nitrogen and oxygen atoms in total. The third kappa shape index (κ3) is 3.46. The Morgan fingerprint density at radius 2 is 2.36 bits per heavy atom. The van der Waals surface area contributed by atoms with Crippen LogP contribution in [0.25, 0.3) is 0 Å². The van der Waals surface area contributed by atoms with Gasteiger partial charge in [0.05, 0.1) is 19.0 Å². The van der Waals surface area contributed by atoms with Crippen molar-refractivity contribution >= 4 is 11.7 Å². The maximum absolute atomic E-state index is 11.8. The zero-order valence-electron chi connectivity index (χ0n) is 12.5. The molecule has 2 aromatic heterocycles. The summed E-state index contributed by atoms with van der Waals surface area (Å²) in [5.74, 6) is 1.03. The molecule has 1 aliphatic rings. The number of aromatic nitrogens is 1. The number of nitrogens with one attached hydrogen (secondary N) is 1. The van der Waals surface area contributed by atoms with Gasteiger partial charge in [-0.2, -0.15) is 0 Å². The highest BCUT2D eigenvalue weighted by Gasteiger charge is 2.17. The first-order chi connectivity index (χ1) is 10.7. The van der Waals surface area contributed by atoms with Crippen molar-refractivity contribution < 1.29 is 13.9 Å². The van der Waals surface area contributed by atoms with Crippen molar-refractivity contribution in [2.24, 2.45) is 0 Å². The molecular formula is C16H19N3O3. The van der Waals surface area contributed by atoms with Gasteiger partial charge in [-0.25, -0.2) is 4.98 Å². The molecule has 6 heteroatoms. The van der Waals surface area contributed by atoms with Gasteiger partial charge in [0, 0.05) is 25.8 Å². The van der Waals surface area contributed by atoms with Gasteiger partial charge in [0.15, 0.2) is 5.76 Å². The van der Waals surface area contributed by atoms with E-state index in [1.54, 1.807) is 18.3 Å². The summed E-state index contributed by atoms with van der Waals surface area (Å²) >= 11 is 0. The van der Waals surface area contributed by atoms with Crippen molar-refractivity contribution in [3.05, 3.63) is 48.0 Å². The number of hydrogen-bond donors (Lipinski definition) is 1. The van der Waals surface area contributed by atoms with Gasteiger partial charge in [0.25, 0.3) is 5.91 Å². The fraction of sp³-hybridized carbons (Fsp3) is 0.375. The molecule has 0 spiro atoms. The molecule has 0 radical (unpaired) electrons. The molecule has 1 amide bonds. The van der Waals surface area contributed by atoms with E-state index in [0.29, 0.717) is 12.3 Å². The molecule has 1 atom stereocenters. The summed E-state index contributed by atoms with van der Waals surface area (Å²) < 4.78 is 10.6. The molecule has 1 aliphatic heterocycles. The highest BCUT2D eigenvalue weighted by Crippen LogP contribution is 2.15. The lowest BCUT2D eigenvalue weighted by Gasteiger charge is -2.32. The van der Waals surface area contributed by atoms with Crippen LogP contribution in [0.5, 0.6) is 0 Å². The Hall–Kier alpha value is -2.34. The number of amides is 1. The number of rotatable bonds is 4. The van der Waals surface area contributed by atoms with Crippen LogP contribution in [0.2, 0.25) is 0 Å². The van der Waals surface area contributed by atoms with Crippen LogP contribution >= 0.6 is 0 Å². The smallest absolute Gasteiger partial charge is 0.287 e. The number of anilines is 1. The van der Waals surface area contributed by atoms with Gasteiger partial charge in [-0.15, -0.1) is 0 Å². The molecule has 2 aromatic rings. The van der Waals surface area contributed by atoms with E-state index in [9.17, 15) is 4.79 Å². The monoisotopic (exact) mass is 301 g/mol. The Bertz CT molecular complexity index is 610. The summed E-state index contributed by atoms with van der Waals surface area (Å²) in [6.45, 7) is 4.91. The predicted molar refractivity (Wildman–Crippen MR) is 81.7 cm³/mol. The second kappa shape index (κ2) is 6.62. The molecule has 0 saturated carbocycles. The number of nitrogens with zero attached hydrogens (tertiary/aromatic N) is 2. The van der Waals surface area contributed by atoms with Crippen LogP contribution in [0.4, 0.5) is 5.82 Å². The topological polar surface area (TPSA) is 67.6 Å². The molecule has 116 valence electrons. The van der Waals surface area contributed by atoms with Crippen LogP contribution < -0.4 is 10.2 Å². The Balaban J connectivity index is 1.56. The molecule has 0 aliphatic carbocycles. The first-order valence-corrected chi connectivity index (χ1v) is 7.35. The number of ether oxygens (including phenoxy) is 1. The van der Waals surface area contributed by atoms with Crippen LogP contribution in [0.1, 0.15) is 23.0 Å². The normalized spacial score (nSPS) is 18.2. The summed E-state index contributed by atoms with van der Waals surface area (Å²) in [5.41, 5.74) is 0.949. The predicted octanol–water partition coefficient (Wildman–Crippen LogP) is 1.83. The quantitative estimate of drug-likeness (QED) is 0.933. The maximum Gasteiger partial charge on any atom is 0.287 e. The van der Waals surface area contributed by atoms with Gasteiger partial charge in [-0.05, 0) is 30.7 Å². The molecule has 3 heterocycles. The van der Waals surface area contributed by atoms with Crippen molar-refractivity contribution in [3.63, 3.8) is 0 Å². The van der Waals surface area contributed by atoms with Crippen molar-refractivity contribution in [2.45, 2.75) is 19.6 Å². The number of furan rings is 1. The Kier molecular flexibility index (Phi) is 4.39. The van der Waals surface area contributed by atoms with E-state index in [-0.39, 0.29) is 12.0 Å². The minimum Gasteiger partial charge on any atom is -0.459 e. The van der Waals surface area contributed by atoms with Crippen molar-refractivity contribution in [1.82, 2.24) is 10.3 Å². The zero-order chi connectivity index (χ0) is 15.4. The second-order valence-corrected chi connectivity index (χ2v) is 5.31. The average Bonchev–Trinajstić information content (AvgIpc) is 3.08. The fourth-order valence-corrected chi connectivity index (χ4v) is 2.41. The Morgan fingerprint density at radius 3 is 3.05 bits per heavy atom. The van der Waals surface area contributed by atoms with E-state index in [0.717, 1.165) is 31.1 Å². The highest BCUT2D eigenvalue weighted by molar-refractivity contribution is 5.91. The summed E-state index contributed by atoms with van der Waals surface area (Å²) in [5, 5.41) is 2.80. The van der Waals surface area contributed by atoms with Crippen LogP contribution in [0.3, 0.4) is 0 Å². The Labute approximate surface area is 129 Å². The molecular weight excluding hydrogens is 282 g/mol. The van der Waals surface area contributed by atoms with Gasteiger partial charge in [-0.3, -0.25) is 4.79 Å². The third-order valence-corrected chi connectivity index (χ3v) is 3.57. The van der Waals surface area contributed by atoms with E-state index in [1.165, 1.54) is 6.26 Å². The Morgan fingerprint density at radius 1 is 1.45 bits per heavy atom. The largest absolute Gasteiger partial charge is 0.459 e. The summed E-state index contributed by atoms with van der Waals surface area (Å²) in [4.78, 5) is 18.5. The summed E-state index contributed by atoms with van der Waals surface area (Å²) in [6.07, 6.45) is 3.50. The standard InChI is InChI=1S/C16H19N3O3/c1-12-11-19(6-8-21-12)15-5-4-13(9-17-15)10-18-16(20)14-3-2-7-22-14/h2-5,7,9,12H,6,8,10-11H2,1H3,(H,18,20)/t12-/m0/s1. The van der Waals surface area contributed by atoms with Gasteiger partial charge in [0.2, 0.25) is 0 Å². The SMILES string of the molecule is C[C@H]1CN(c2ccc(CNC(=O)c3ccco3)cn2)CCO1. The molecule has 1 saturated heterocycles. The van der Waals surface area contributed by atoms with Gasteiger partial charge >= 0.3 is 0 Å². The molecule has 0 bridgehead atoms. The number of carbonyl (C=O) groups is 1. The zero-order valence-corrected chi connectivity index (χ0v) is 12.5. The molecule has 22 heavy (non-hydrogen) atoms. The fourth-order valence-electron chi connectivity index (χ4n) is 2.41. The number of hydrogen-bond acceptors (Lipinski definition) is 5. The number of morpholine rings is 1. The molecule has 0 aromatic carbocycles. The van der Waals surface area contributed by atoms with Crippen LogP contribution in [0.15, 0.2) is 41.1 Å². The van der Waals surface area contributed by atoms with E-state index in [1.807, 2.05) is 12.1 Å². The van der Waals surface area contributed by atoms with Gasteiger partial charge < -0.3 is 19.4 Å². The highest BCUT2D eigenvalue weighted by atomic mass is 16.5. The minimum atomic E-state index is -0.226. The number of carbonyl (C=O) groups excluding carboxylic acids is 1. The first kappa shape index (κ1) is 14.6. The summed E-state index contributed by atoms with van der Waals surface area (Å²) in [6, 6.07) is 7.28. The molecule has 1 fully saturated rings. The van der Waals surface area contributed by atoms with Crippen LogP contribution in [0, 0.1) is 0 Å². The average molecular weight is 301 g/mol. The van der Waals surface area contributed by atoms with Crippen LogP contribution in [-0.4, -0.2) is 36.7 Å². The lowest BCUT2D eigenvalue weighted by atomic mass is 10.2. The van der Waals surface area contributed by atoms with Crippen LogP contribution in [-0.2, 0) is 11.3 Å². The molecule has 3 rings (SSSR count). The van der Waals surface area contributed by atoms with E-state index >= 15 is 0 Å². The van der Waals surface area contributed by atoms with E-state index in [4.69, 9.17) is 9.15 Å². The van der Waals surface area contributed by atoms with Crippen molar-refractivity contribution in [3.8, 4) is 0 Å². The number of pyridine rings is 1. The lowest BCUT2D eigenvalue weighted by Crippen LogP contribution is -2.41. The maximum atomic E-state index is 11.8. The first-order valence-electron chi connectivity index (χ1n) is 7.35. The van der Waals surface area contributed by atoms with Crippen molar-refractivity contribution in [1.29, 1.82) is 0 Å². The third-order valence-electron chi connectivity index (χ3n) is 3.57. The minimum absolute atomic E-state index is 0.225. The van der Waals surface area contributed by atoms with E-state index in [2.05, 4.69) is 22.1 Å². The molecule has 0 unspecified atom stereocenters. The lowest BCUT2D eigenvalue weighted by molar-refractivity contribution is 0.0529. The van der Waals surface area contributed by atoms with Gasteiger partial charge in [-0.1, -0.05) is 6.07 Å². The summed E-state index contributed by atoms with van der Waals surface area (Å²) in [7, 11) is 0. The van der Waals surface area contributed by atoms with Gasteiger partial charge in [0.1, 0.15) is 5.82 Å². The molecule has 1 N–H and O–H groups in total. The second-order valence-electron chi connectivity index (χ2n) is 5.31.